The predicted molar refractivity (Wildman–Crippen MR) is 71.8 cm³/mol. The van der Waals surface area contributed by atoms with Gasteiger partial charge in [-0.05, 0) is 19.8 Å². The molecule has 1 fully saturated rings. The largest absolute Gasteiger partial charge is 0.383 e. The second kappa shape index (κ2) is 6.11. The van der Waals surface area contributed by atoms with Crippen LogP contribution in [0.5, 0.6) is 0 Å². The van der Waals surface area contributed by atoms with Gasteiger partial charge in [0.1, 0.15) is 11.6 Å². The van der Waals surface area contributed by atoms with E-state index in [1.165, 1.54) is 12.8 Å². The lowest BCUT2D eigenvalue weighted by Crippen LogP contribution is -2.26. The maximum absolute atomic E-state index is 5.11. The van der Waals surface area contributed by atoms with E-state index >= 15 is 0 Å². The first-order valence-corrected chi connectivity index (χ1v) is 6.46. The lowest BCUT2D eigenvalue weighted by atomic mass is 10.2. The van der Waals surface area contributed by atoms with Crippen molar-refractivity contribution in [3.8, 4) is 0 Å². The molecule has 1 saturated carbocycles. The molecule has 0 saturated heterocycles. The molecule has 0 amide bonds. The van der Waals surface area contributed by atoms with Gasteiger partial charge in [-0.15, -0.1) is 0 Å². The van der Waals surface area contributed by atoms with E-state index in [4.69, 9.17) is 4.74 Å². The third-order valence-electron chi connectivity index (χ3n) is 3.11. The van der Waals surface area contributed by atoms with E-state index in [1.807, 2.05) is 20.2 Å². The van der Waals surface area contributed by atoms with Crippen molar-refractivity contribution < 1.29 is 4.74 Å². The van der Waals surface area contributed by atoms with E-state index in [-0.39, 0.29) is 0 Å². The van der Waals surface area contributed by atoms with Gasteiger partial charge in [-0.3, -0.25) is 0 Å². The van der Waals surface area contributed by atoms with E-state index in [0.717, 1.165) is 30.3 Å². The van der Waals surface area contributed by atoms with Crippen molar-refractivity contribution in [3.63, 3.8) is 0 Å². The summed E-state index contributed by atoms with van der Waals surface area (Å²) >= 11 is 0. The number of aromatic nitrogens is 2. The van der Waals surface area contributed by atoms with Crippen molar-refractivity contribution in [2.45, 2.75) is 32.4 Å². The van der Waals surface area contributed by atoms with Crippen molar-refractivity contribution in [3.05, 3.63) is 17.6 Å². The van der Waals surface area contributed by atoms with Crippen LogP contribution in [-0.4, -0.2) is 43.3 Å². The zero-order chi connectivity index (χ0) is 13.0. The van der Waals surface area contributed by atoms with Crippen LogP contribution in [0.25, 0.3) is 0 Å². The number of rotatable bonds is 7. The Bertz CT molecular complexity index is 393. The van der Waals surface area contributed by atoms with Crippen LogP contribution in [0.4, 0.5) is 5.82 Å². The van der Waals surface area contributed by atoms with E-state index in [0.29, 0.717) is 12.6 Å². The number of ether oxygens (including phenoxy) is 1. The highest BCUT2D eigenvalue weighted by Gasteiger charge is 2.21. The first-order valence-electron chi connectivity index (χ1n) is 6.46. The average Bonchev–Trinajstić information content (AvgIpc) is 3.18. The fourth-order valence-corrected chi connectivity index (χ4v) is 1.81. The van der Waals surface area contributed by atoms with Crippen LogP contribution in [0.15, 0.2) is 6.20 Å². The maximum atomic E-state index is 5.11. The van der Waals surface area contributed by atoms with Crippen LogP contribution in [0.2, 0.25) is 0 Å². The van der Waals surface area contributed by atoms with Crippen molar-refractivity contribution in [2.75, 3.05) is 32.2 Å². The van der Waals surface area contributed by atoms with Gasteiger partial charge in [0.15, 0.2) is 0 Å². The molecule has 0 aromatic carbocycles. The highest BCUT2D eigenvalue weighted by atomic mass is 16.5. The van der Waals surface area contributed by atoms with Gasteiger partial charge in [-0.25, -0.2) is 9.97 Å². The van der Waals surface area contributed by atoms with Gasteiger partial charge < -0.3 is 15.0 Å². The van der Waals surface area contributed by atoms with E-state index in [9.17, 15) is 0 Å². The summed E-state index contributed by atoms with van der Waals surface area (Å²) in [6.45, 7) is 4.31. The third-order valence-corrected chi connectivity index (χ3v) is 3.11. The number of hydrogen-bond acceptors (Lipinski definition) is 5. The minimum Gasteiger partial charge on any atom is -0.383 e. The minimum absolute atomic E-state index is 0.698. The molecule has 1 aromatic heterocycles. The maximum Gasteiger partial charge on any atom is 0.136 e. The zero-order valence-electron chi connectivity index (χ0n) is 11.4. The standard InChI is InChI=1S/C13H22N4O/c1-10-14-8-11(9-15-12-4-5-12)13(16-10)17(2)6-7-18-3/h8,12,15H,4-7,9H2,1-3H3. The molecule has 0 aliphatic heterocycles. The summed E-state index contributed by atoms with van der Waals surface area (Å²) in [5.41, 5.74) is 1.16. The Hall–Kier alpha value is -1.20. The number of nitrogens with zero attached hydrogens (tertiary/aromatic N) is 3. The topological polar surface area (TPSA) is 50.3 Å². The normalized spacial score (nSPS) is 14.8. The summed E-state index contributed by atoms with van der Waals surface area (Å²) in [6, 6.07) is 0.698. The quantitative estimate of drug-likeness (QED) is 0.786. The molecular weight excluding hydrogens is 228 g/mol. The fraction of sp³-hybridized carbons (Fsp3) is 0.692. The fourth-order valence-electron chi connectivity index (χ4n) is 1.81. The lowest BCUT2D eigenvalue weighted by molar-refractivity contribution is 0.206. The Labute approximate surface area is 109 Å². The van der Waals surface area contributed by atoms with Crippen molar-refractivity contribution in [2.24, 2.45) is 0 Å². The van der Waals surface area contributed by atoms with Crippen LogP contribution in [0.1, 0.15) is 24.2 Å². The van der Waals surface area contributed by atoms with E-state index < -0.39 is 0 Å². The molecule has 5 heteroatoms. The molecular formula is C13H22N4O. The van der Waals surface area contributed by atoms with Crippen LogP contribution < -0.4 is 10.2 Å². The molecule has 1 aliphatic carbocycles. The second-order valence-corrected chi connectivity index (χ2v) is 4.84. The van der Waals surface area contributed by atoms with Crippen LogP contribution in [0, 0.1) is 6.92 Å². The molecule has 0 spiro atoms. The lowest BCUT2D eigenvalue weighted by Gasteiger charge is -2.21. The number of hydrogen-bond donors (Lipinski definition) is 1. The van der Waals surface area contributed by atoms with Gasteiger partial charge in [-0.2, -0.15) is 0 Å². The van der Waals surface area contributed by atoms with E-state index in [2.05, 4.69) is 20.2 Å². The third kappa shape index (κ3) is 3.65. The van der Waals surface area contributed by atoms with Gasteiger partial charge in [0.25, 0.3) is 0 Å². The Kier molecular flexibility index (Phi) is 4.49. The van der Waals surface area contributed by atoms with E-state index in [1.54, 1.807) is 7.11 Å². The molecule has 0 radical (unpaired) electrons. The van der Waals surface area contributed by atoms with Crippen LogP contribution >= 0.6 is 0 Å². The second-order valence-electron chi connectivity index (χ2n) is 4.84. The summed E-state index contributed by atoms with van der Waals surface area (Å²) in [5, 5.41) is 3.51. The molecule has 1 N–H and O–H groups in total. The summed E-state index contributed by atoms with van der Waals surface area (Å²) in [5.74, 6) is 1.82. The van der Waals surface area contributed by atoms with Gasteiger partial charge in [0.05, 0.1) is 6.61 Å². The number of anilines is 1. The molecule has 0 atom stereocenters. The minimum atomic E-state index is 0.698. The van der Waals surface area contributed by atoms with Gasteiger partial charge >= 0.3 is 0 Å². The van der Waals surface area contributed by atoms with Crippen LogP contribution in [0.3, 0.4) is 0 Å². The van der Waals surface area contributed by atoms with Gasteiger partial charge in [0.2, 0.25) is 0 Å². The molecule has 5 nitrogen and oxygen atoms in total. The Morgan fingerprint density at radius 2 is 2.28 bits per heavy atom. The molecule has 100 valence electrons. The van der Waals surface area contributed by atoms with Crippen LogP contribution in [-0.2, 0) is 11.3 Å². The molecule has 1 heterocycles. The average molecular weight is 250 g/mol. The molecule has 2 rings (SSSR count). The number of likely N-dealkylation sites (N-methyl/N-ethyl adjacent to an activating group) is 1. The highest BCUT2D eigenvalue weighted by Crippen LogP contribution is 2.21. The molecule has 1 aliphatic rings. The predicted octanol–water partition coefficient (Wildman–Crippen LogP) is 1.12. The number of nitrogens with one attached hydrogen (secondary N) is 1. The summed E-state index contributed by atoms with van der Waals surface area (Å²) < 4.78 is 5.11. The number of methoxy groups -OCH3 is 1. The summed E-state index contributed by atoms with van der Waals surface area (Å²) in [7, 11) is 3.76. The monoisotopic (exact) mass is 250 g/mol. The Morgan fingerprint density at radius 3 is 2.94 bits per heavy atom. The van der Waals surface area contributed by atoms with Gasteiger partial charge in [0, 0.05) is 45.0 Å². The summed E-state index contributed by atoms with van der Waals surface area (Å²) in [6.07, 6.45) is 4.51. The number of aryl methyl sites for hydroxylation is 1. The van der Waals surface area contributed by atoms with Crippen molar-refractivity contribution in [1.82, 2.24) is 15.3 Å². The van der Waals surface area contributed by atoms with Crippen molar-refractivity contribution in [1.29, 1.82) is 0 Å². The first-order chi connectivity index (χ1) is 8.70. The Morgan fingerprint density at radius 1 is 1.50 bits per heavy atom. The SMILES string of the molecule is COCCN(C)c1nc(C)ncc1CNC1CC1. The molecule has 0 bridgehead atoms. The first kappa shape index (κ1) is 13.2. The smallest absolute Gasteiger partial charge is 0.136 e. The summed E-state index contributed by atoms with van der Waals surface area (Å²) in [4.78, 5) is 11.0. The van der Waals surface area contributed by atoms with Gasteiger partial charge in [-0.1, -0.05) is 0 Å². The molecule has 0 unspecified atom stereocenters. The molecule has 18 heavy (non-hydrogen) atoms. The van der Waals surface area contributed by atoms with Crippen molar-refractivity contribution >= 4 is 5.82 Å². The Balaban J connectivity index is 2.05. The molecule has 1 aromatic rings. The highest BCUT2D eigenvalue weighted by molar-refractivity contribution is 5.45. The zero-order valence-corrected chi connectivity index (χ0v) is 11.4.